The number of ether oxygens (including phenoxy) is 1. The number of imide groups is 1. The first-order valence-corrected chi connectivity index (χ1v) is 7.40. The molecule has 0 aromatic heterocycles. The van der Waals surface area contributed by atoms with Crippen LogP contribution in [0.25, 0.3) is 0 Å². The van der Waals surface area contributed by atoms with Crippen molar-refractivity contribution in [1.82, 2.24) is 5.32 Å². The van der Waals surface area contributed by atoms with Crippen LogP contribution in [0, 0.1) is 5.41 Å². The van der Waals surface area contributed by atoms with Crippen molar-refractivity contribution < 1.29 is 14.3 Å². The average Bonchev–Trinajstić information content (AvgIpc) is 2.38. The summed E-state index contributed by atoms with van der Waals surface area (Å²) in [5, 5.41) is 2.45. The van der Waals surface area contributed by atoms with Crippen LogP contribution in [0.5, 0.6) is 0 Å². The number of carbonyl (C=O) groups excluding carboxylic acids is 2. The Morgan fingerprint density at radius 3 is 2.80 bits per heavy atom. The molecule has 0 bridgehead atoms. The normalized spacial score (nSPS) is 26.4. The first-order valence-electron chi connectivity index (χ1n) is 6.60. The summed E-state index contributed by atoms with van der Waals surface area (Å²) in [7, 11) is 1.60. The summed E-state index contributed by atoms with van der Waals surface area (Å²) in [4.78, 5) is 24.1. The third kappa shape index (κ3) is 2.79. The predicted molar refractivity (Wildman–Crippen MR) is 79.2 cm³/mol. The molecule has 0 spiro atoms. The van der Waals surface area contributed by atoms with Crippen molar-refractivity contribution in [3.8, 4) is 0 Å². The number of nitrogens with one attached hydrogen (secondary N) is 1. The second kappa shape index (κ2) is 6.06. The van der Waals surface area contributed by atoms with Gasteiger partial charge in [-0.05, 0) is 24.1 Å². The van der Waals surface area contributed by atoms with Gasteiger partial charge in [0.05, 0.1) is 12.5 Å². The van der Waals surface area contributed by atoms with Crippen LogP contribution in [0.15, 0.2) is 28.7 Å². The summed E-state index contributed by atoms with van der Waals surface area (Å²) < 4.78 is 6.23. The molecule has 1 aliphatic rings. The van der Waals surface area contributed by atoms with E-state index in [-0.39, 0.29) is 17.7 Å². The maximum absolute atomic E-state index is 12.4. The highest BCUT2D eigenvalue weighted by Crippen LogP contribution is 2.45. The Morgan fingerprint density at radius 1 is 1.45 bits per heavy atom. The Hall–Kier alpha value is -1.20. The summed E-state index contributed by atoms with van der Waals surface area (Å²) in [6, 6.07) is 7.67. The summed E-state index contributed by atoms with van der Waals surface area (Å²) in [5.41, 5.74) is 0.429. The fraction of sp³-hybridized carbons (Fsp3) is 0.467. The third-order valence-electron chi connectivity index (χ3n) is 3.97. The van der Waals surface area contributed by atoms with Gasteiger partial charge in [0.25, 0.3) is 0 Å². The van der Waals surface area contributed by atoms with Crippen LogP contribution in [0.2, 0.25) is 0 Å². The van der Waals surface area contributed by atoms with Crippen molar-refractivity contribution in [3.63, 3.8) is 0 Å². The summed E-state index contributed by atoms with van der Waals surface area (Å²) in [5.74, 6) is -0.832. The van der Waals surface area contributed by atoms with Crippen LogP contribution in [0.1, 0.15) is 31.2 Å². The van der Waals surface area contributed by atoms with Gasteiger partial charge in [0.2, 0.25) is 11.8 Å². The molecule has 2 atom stereocenters. The SMILES string of the molecule is CCC1(COC)CC(=O)NC(=O)C1c1cccc(Br)c1. The number of hydrogen-bond acceptors (Lipinski definition) is 3. The van der Waals surface area contributed by atoms with E-state index in [2.05, 4.69) is 21.2 Å². The highest BCUT2D eigenvalue weighted by atomic mass is 79.9. The monoisotopic (exact) mass is 339 g/mol. The summed E-state index contributed by atoms with van der Waals surface area (Å²) >= 11 is 3.43. The molecule has 2 amide bonds. The highest BCUT2D eigenvalue weighted by molar-refractivity contribution is 9.10. The van der Waals surface area contributed by atoms with Crippen LogP contribution >= 0.6 is 15.9 Å². The Morgan fingerprint density at radius 2 is 2.20 bits per heavy atom. The molecule has 1 aromatic carbocycles. The number of halogens is 1. The van der Waals surface area contributed by atoms with E-state index in [1.807, 2.05) is 31.2 Å². The lowest BCUT2D eigenvalue weighted by Crippen LogP contribution is -2.52. The van der Waals surface area contributed by atoms with Crippen molar-refractivity contribution in [2.24, 2.45) is 5.41 Å². The van der Waals surface area contributed by atoms with Gasteiger partial charge in [0, 0.05) is 23.4 Å². The van der Waals surface area contributed by atoms with Crippen LogP contribution in [-0.4, -0.2) is 25.5 Å². The molecule has 0 saturated carbocycles. The predicted octanol–water partition coefficient (Wildman–Crippen LogP) is 2.62. The number of rotatable bonds is 4. The third-order valence-corrected chi connectivity index (χ3v) is 4.46. The fourth-order valence-electron chi connectivity index (χ4n) is 3.00. The number of carbonyl (C=O) groups is 2. The molecule has 2 rings (SSSR count). The van der Waals surface area contributed by atoms with Crippen LogP contribution in [-0.2, 0) is 14.3 Å². The second-order valence-electron chi connectivity index (χ2n) is 5.23. The largest absolute Gasteiger partial charge is 0.384 e. The molecule has 1 aliphatic heterocycles. The van der Waals surface area contributed by atoms with E-state index in [1.54, 1.807) is 7.11 Å². The number of benzene rings is 1. The molecule has 108 valence electrons. The van der Waals surface area contributed by atoms with Gasteiger partial charge < -0.3 is 4.74 Å². The topological polar surface area (TPSA) is 55.4 Å². The zero-order chi connectivity index (χ0) is 14.8. The Labute approximate surface area is 127 Å². The minimum absolute atomic E-state index is 0.222. The molecule has 0 radical (unpaired) electrons. The van der Waals surface area contributed by atoms with Crippen LogP contribution in [0.3, 0.4) is 0 Å². The van der Waals surface area contributed by atoms with E-state index in [9.17, 15) is 9.59 Å². The molecule has 2 unspecified atom stereocenters. The Bertz CT molecular complexity index is 532. The van der Waals surface area contributed by atoms with Crippen molar-refractivity contribution in [2.75, 3.05) is 13.7 Å². The summed E-state index contributed by atoms with van der Waals surface area (Å²) in [6.45, 7) is 2.38. The van der Waals surface area contributed by atoms with Gasteiger partial charge in [-0.3, -0.25) is 14.9 Å². The highest BCUT2D eigenvalue weighted by Gasteiger charge is 2.48. The lowest BCUT2D eigenvalue weighted by molar-refractivity contribution is -0.142. The molecule has 1 heterocycles. The molecule has 1 fully saturated rings. The molecular weight excluding hydrogens is 322 g/mol. The fourth-order valence-corrected chi connectivity index (χ4v) is 3.41. The number of hydrogen-bond donors (Lipinski definition) is 1. The molecule has 1 saturated heterocycles. The van der Waals surface area contributed by atoms with Gasteiger partial charge in [0.15, 0.2) is 0 Å². The maximum Gasteiger partial charge on any atom is 0.234 e. The number of amides is 2. The van der Waals surface area contributed by atoms with E-state index in [0.717, 1.165) is 10.0 Å². The van der Waals surface area contributed by atoms with Crippen molar-refractivity contribution in [2.45, 2.75) is 25.7 Å². The molecular formula is C15H18BrNO3. The van der Waals surface area contributed by atoms with Gasteiger partial charge in [-0.25, -0.2) is 0 Å². The summed E-state index contributed by atoms with van der Waals surface area (Å²) in [6.07, 6.45) is 1.01. The van der Waals surface area contributed by atoms with Gasteiger partial charge in [-0.15, -0.1) is 0 Å². The van der Waals surface area contributed by atoms with Gasteiger partial charge in [0.1, 0.15) is 0 Å². The number of methoxy groups -OCH3 is 1. The maximum atomic E-state index is 12.4. The quantitative estimate of drug-likeness (QED) is 0.858. The van der Waals surface area contributed by atoms with Crippen LogP contribution in [0.4, 0.5) is 0 Å². The lowest BCUT2D eigenvalue weighted by atomic mass is 9.66. The van der Waals surface area contributed by atoms with Crippen LogP contribution < -0.4 is 5.32 Å². The molecule has 1 aromatic rings. The second-order valence-corrected chi connectivity index (χ2v) is 6.14. The van der Waals surface area contributed by atoms with Crippen molar-refractivity contribution in [3.05, 3.63) is 34.3 Å². The first kappa shape index (κ1) is 15.2. The number of piperidine rings is 1. The minimum Gasteiger partial charge on any atom is -0.384 e. The molecule has 4 nitrogen and oxygen atoms in total. The zero-order valence-electron chi connectivity index (χ0n) is 11.6. The minimum atomic E-state index is -0.477. The Kier molecular flexibility index (Phi) is 4.60. The standard InChI is InChI=1S/C15H18BrNO3/c1-3-15(9-20-2)8-12(18)17-14(19)13(15)10-5-4-6-11(16)7-10/h4-7,13H,3,8-9H2,1-2H3,(H,17,18,19). The van der Waals surface area contributed by atoms with Gasteiger partial charge in [-0.1, -0.05) is 35.0 Å². The first-order chi connectivity index (χ1) is 9.52. The van der Waals surface area contributed by atoms with E-state index in [1.165, 1.54) is 0 Å². The molecule has 20 heavy (non-hydrogen) atoms. The van der Waals surface area contributed by atoms with Gasteiger partial charge in [-0.2, -0.15) is 0 Å². The zero-order valence-corrected chi connectivity index (χ0v) is 13.2. The van der Waals surface area contributed by atoms with Crippen molar-refractivity contribution in [1.29, 1.82) is 0 Å². The average molecular weight is 340 g/mol. The molecule has 5 heteroatoms. The van der Waals surface area contributed by atoms with E-state index in [4.69, 9.17) is 4.74 Å². The Balaban J connectivity index is 2.49. The molecule has 0 aliphatic carbocycles. The van der Waals surface area contributed by atoms with E-state index < -0.39 is 5.41 Å². The van der Waals surface area contributed by atoms with E-state index in [0.29, 0.717) is 19.4 Å². The van der Waals surface area contributed by atoms with E-state index >= 15 is 0 Å². The lowest BCUT2D eigenvalue weighted by Gasteiger charge is -2.41. The molecule has 1 N–H and O–H groups in total. The smallest absolute Gasteiger partial charge is 0.234 e. The van der Waals surface area contributed by atoms with Crippen molar-refractivity contribution >= 4 is 27.7 Å². The van der Waals surface area contributed by atoms with Gasteiger partial charge >= 0.3 is 0 Å².